The maximum atomic E-state index is 12.7. The van der Waals surface area contributed by atoms with Crippen LogP contribution in [0.15, 0.2) is 39.6 Å². The predicted molar refractivity (Wildman–Crippen MR) is 132 cm³/mol. The van der Waals surface area contributed by atoms with Gasteiger partial charge >= 0.3 is 0 Å². The molecule has 9 heteroatoms. The number of benzene rings is 1. The fourth-order valence-electron chi connectivity index (χ4n) is 3.90. The van der Waals surface area contributed by atoms with E-state index in [2.05, 4.69) is 15.3 Å². The van der Waals surface area contributed by atoms with Crippen molar-refractivity contribution in [3.05, 3.63) is 66.7 Å². The second-order valence-electron chi connectivity index (χ2n) is 7.82. The number of nitrogens with zero attached hydrogens (tertiary/aromatic N) is 2. The van der Waals surface area contributed by atoms with Gasteiger partial charge in [0.2, 0.25) is 5.91 Å². The lowest BCUT2D eigenvalue weighted by atomic mass is 9.97. The summed E-state index contributed by atoms with van der Waals surface area (Å²) in [4.78, 5) is 39.4. The number of aromatic amines is 1. The molecule has 0 spiro atoms. The van der Waals surface area contributed by atoms with Crippen LogP contribution in [0.25, 0.3) is 10.2 Å². The molecule has 1 amide bonds. The molecule has 1 aliphatic rings. The summed E-state index contributed by atoms with van der Waals surface area (Å²) >= 11 is 4.60. The summed E-state index contributed by atoms with van der Waals surface area (Å²) in [5.74, 6) is 0.515. The molecule has 32 heavy (non-hydrogen) atoms. The van der Waals surface area contributed by atoms with Crippen LogP contribution < -0.4 is 10.9 Å². The summed E-state index contributed by atoms with van der Waals surface area (Å²) in [5, 5.41) is 7.08. The molecule has 0 aliphatic heterocycles. The summed E-state index contributed by atoms with van der Waals surface area (Å²) in [6, 6.07) is 7.71. The highest BCUT2D eigenvalue weighted by atomic mass is 32.2. The molecule has 0 atom stereocenters. The van der Waals surface area contributed by atoms with Crippen molar-refractivity contribution in [2.75, 3.05) is 5.32 Å². The normalized spacial score (nSPS) is 13.3. The second kappa shape index (κ2) is 9.17. The zero-order valence-electron chi connectivity index (χ0n) is 17.6. The number of para-hydroxylation sites is 1. The fraction of sp³-hybridized carbons (Fsp3) is 0.304. The Morgan fingerprint density at radius 1 is 1.22 bits per heavy atom. The average Bonchev–Trinajstić information content (AvgIpc) is 3.38. The van der Waals surface area contributed by atoms with Crippen LogP contribution in [-0.2, 0) is 29.8 Å². The number of aryl methyl sites for hydroxylation is 3. The monoisotopic (exact) mass is 482 g/mol. The minimum absolute atomic E-state index is 0.0382. The molecule has 1 aliphatic carbocycles. The van der Waals surface area contributed by atoms with Gasteiger partial charge in [-0.1, -0.05) is 30.0 Å². The standard InChI is InChI=1S/C23H22N4O2S3/c1-13-6-2-4-8-16(13)25-18(28)10-19-24-14(11-30-19)12-31-23-26-21(29)20-15-7-3-5-9-17(15)32-22(20)27-23/h2,4,6,8,11H,3,5,7,9-10,12H2,1H3,(H,25,28)(H,26,27,29). The molecule has 3 heterocycles. The van der Waals surface area contributed by atoms with Gasteiger partial charge in [-0.05, 0) is 49.8 Å². The Hall–Kier alpha value is -2.49. The van der Waals surface area contributed by atoms with E-state index >= 15 is 0 Å². The van der Waals surface area contributed by atoms with Crippen LogP contribution in [0, 0.1) is 6.92 Å². The molecule has 6 nitrogen and oxygen atoms in total. The van der Waals surface area contributed by atoms with E-state index in [1.165, 1.54) is 40.0 Å². The highest BCUT2D eigenvalue weighted by molar-refractivity contribution is 7.98. The van der Waals surface area contributed by atoms with Crippen molar-refractivity contribution >= 4 is 56.2 Å². The largest absolute Gasteiger partial charge is 0.325 e. The summed E-state index contributed by atoms with van der Waals surface area (Å²) in [5.41, 5.74) is 3.90. The third-order valence-electron chi connectivity index (χ3n) is 5.49. The first-order valence-corrected chi connectivity index (χ1v) is 13.2. The molecule has 5 rings (SSSR count). The van der Waals surface area contributed by atoms with E-state index in [4.69, 9.17) is 4.98 Å². The van der Waals surface area contributed by atoms with Crippen LogP contribution in [0.3, 0.4) is 0 Å². The van der Waals surface area contributed by atoms with E-state index in [1.54, 1.807) is 11.3 Å². The average molecular weight is 483 g/mol. The number of carbonyl (C=O) groups excluding carboxylic acids is 1. The lowest BCUT2D eigenvalue weighted by molar-refractivity contribution is -0.115. The lowest BCUT2D eigenvalue weighted by Crippen LogP contribution is -2.15. The summed E-state index contributed by atoms with van der Waals surface area (Å²) in [6.07, 6.45) is 4.60. The third-order valence-corrected chi connectivity index (χ3v) is 8.48. The molecule has 0 saturated heterocycles. The van der Waals surface area contributed by atoms with Gasteiger partial charge in [-0.3, -0.25) is 9.59 Å². The SMILES string of the molecule is Cc1ccccc1NC(=O)Cc1nc(CSc2nc3sc4c(c3c(=O)[nH]2)CCCC4)cs1. The van der Waals surface area contributed by atoms with E-state index < -0.39 is 0 Å². The van der Waals surface area contributed by atoms with E-state index in [9.17, 15) is 9.59 Å². The summed E-state index contributed by atoms with van der Waals surface area (Å²) < 4.78 is 0. The number of amides is 1. The molecular formula is C23H22N4O2S3. The topological polar surface area (TPSA) is 87.7 Å². The number of thiophene rings is 1. The van der Waals surface area contributed by atoms with Gasteiger partial charge in [0.15, 0.2) is 5.16 Å². The highest BCUT2D eigenvalue weighted by Gasteiger charge is 2.20. The van der Waals surface area contributed by atoms with Crippen molar-refractivity contribution in [3.8, 4) is 0 Å². The predicted octanol–water partition coefficient (Wildman–Crippen LogP) is 5.10. The number of fused-ring (bicyclic) bond motifs is 3. The second-order valence-corrected chi connectivity index (χ2v) is 10.8. The number of anilines is 1. The Morgan fingerprint density at radius 3 is 2.94 bits per heavy atom. The first-order valence-electron chi connectivity index (χ1n) is 10.5. The minimum Gasteiger partial charge on any atom is -0.325 e. The Morgan fingerprint density at radius 2 is 2.06 bits per heavy atom. The van der Waals surface area contributed by atoms with Gasteiger partial charge in [0.1, 0.15) is 9.84 Å². The van der Waals surface area contributed by atoms with Crippen molar-refractivity contribution in [1.29, 1.82) is 0 Å². The number of hydrogen-bond donors (Lipinski definition) is 2. The highest BCUT2D eigenvalue weighted by Crippen LogP contribution is 2.34. The first kappa shape index (κ1) is 21.4. The minimum atomic E-state index is -0.0778. The number of aromatic nitrogens is 3. The molecule has 2 N–H and O–H groups in total. The van der Waals surface area contributed by atoms with Crippen molar-refractivity contribution in [2.45, 2.75) is 49.9 Å². The van der Waals surface area contributed by atoms with Crippen LogP contribution in [0.4, 0.5) is 5.69 Å². The molecule has 0 radical (unpaired) electrons. The molecule has 1 aromatic carbocycles. The summed E-state index contributed by atoms with van der Waals surface area (Å²) in [7, 11) is 0. The van der Waals surface area contributed by atoms with Crippen LogP contribution in [0.5, 0.6) is 0 Å². The third kappa shape index (κ3) is 4.51. The number of nitrogens with one attached hydrogen (secondary N) is 2. The summed E-state index contributed by atoms with van der Waals surface area (Å²) in [6.45, 7) is 1.97. The van der Waals surface area contributed by atoms with Gasteiger partial charge in [-0.25, -0.2) is 9.97 Å². The van der Waals surface area contributed by atoms with Gasteiger partial charge in [-0.15, -0.1) is 22.7 Å². The van der Waals surface area contributed by atoms with Crippen molar-refractivity contribution in [2.24, 2.45) is 0 Å². The van der Waals surface area contributed by atoms with E-state index in [0.29, 0.717) is 10.9 Å². The van der Waals surface area contributed by atoms with Gasteiger partial charge in [0.05, 0.1) is 17.5 Å². The Balaban J connectivity index is 1.23. The van der Waals surface area contributed by atoms with Crippen LogP contribution >= 0.6 is 34.4 Å². The van der Waals surface area contributed by atoms with Crippen LogP contribution in [-0.4, -0.2) is 20.9 Å². The maximum Gasteiger partial charge on any atom is 0.260 e. The molecule has 3 aromatic heterocycles. The smallest absolute Gasteiger partial charge is 0.260 e. The van der Waals surface area contributed by atoms with E-state index in [-0.39, 0.29) is 17.9 Å². The fourth-order valence-corrected chi connectivity index (χ4v) is 6.87. The number of thiazole rings is 1. The Bertz CT molecular complexity index is 1360. The lowest BCUT2D eigenvalue weighted by Gasteiger charge is -2.09. The molecule has 0 bridgehead atoms. The quantitative estimate of drug-likeness (QED) is 0.295. The number of H-pyrrole nitrogens is 1. The van der Waals surface area contributed by atoms with Crippen LogP contribution in [0.1, 0.15) is 39.5 Å². The first-order chi connectivity index (χ1) is 15.6. The van der Waals surface area contributed by atoms with Gasteiger partial charge < -0.3 is 10.3 Å². The number of hydrogen-bond acceptors (Lipinski definition) is 7. The van der Waals surface area contributed by atoms with Crippen molar-refractivity contribution in [1.82, 2.24) is 15.0 Å². The number of rotatable bonds is 6. The molecule has 0 unspecified atom stereocenters. The molecule has 0 saturated carbocycles. The Kier molecular flexibility index (Phi) is 6.12. The number of thioether (sulfide) groups is 1. The zero-order chi connectivity index (χ0) is 22.1. The number of carbonyl (C=O) groups is 1. The van der Waals surface area contributed by atoms with Crippen molar-refractivity contribution < 1.29 is 4.79 Å². The Labute approximate surface area is 197 Å². The van der Waals surface area contributed by atoms with Crippen molar-refractivity contribution in [3.63, 3.8) is 0 Å². The molecule has 4 aromatic rings. The van der Waals surface area contributed by atoms with E-state index in [0.717, 1.165) is 51.4 Å². The maximum absolute atomic E-state index is 12.7. The van der Waals surface area contributed by atoms with Gasteiger partial charge in [-0.2, -0.15) is 0 Å². The molecule has 164 valence electrons. The van der Waals surface area contributed by atoms with Gasteiger partial charge in [0.25, 0.3) is 5.56 Å². The van der Waals surface area contributed by atoms with Crippen LogP contribution in [0.2, 0.25) is 0 Å². The molecule has 0 fully saturated rings. The zero-order valence-corrected chi connectivity index (χ0v) is 20.0. The molecular weight excluding hydrogens is 460 g/mol. The van der Waals surface area contributed by atoms with E-state index in [1.807, 2.05) is 36.6 Å². The van der Waals surface area contributed by atoms with Gasteiger partial charge in [0, 0.05) is 21.7 Å².